The third-order valence-electron chi connectivity index (χ3n) is 5.40. The van der Waals surface area contributed by atoms with E-state index in [4.69, 9.17) is 14.2 Å². The summed E-state index contributed by atoms with van der Waals surface area (Å²) in [6.45, 7) is 3.68. The molecule has 10 heteroatoms. The summed E-state index contributed by atoms with van der Waals surface area (Å²) >= 11 is 0. The molecule has 10 nitrogen and oxygen atoms in total. The van der Waals surface area contributed by atoms with Crippen LogP contribution in [0.1, 0.15) is 11.3 Å². The van der Waals surface area contributed by atoms with Gasteiger partial charge in [0.1, 0.15) is 23.9 Å². The maximum Gasteiger partial charge on any atom is 0.320 e. The highest BCUT2D eigenvalue weighted by atomic mass is 16.5. The molecule has 0 atom stereocenters. The van der Waals surface area contributed by atoms with Crippen LogP contribution in [0.3, 0.4) is 0 Å². The minimum atomic E-state index is 0.320. The maximum absolute atomic E-state index is 5.94. The second-order valence-corrected chi connectivity index (χ2v) is 7.94. The lowest BCUT2D eigenvalue weighted by Crippen LogP contribution is -2.37. The van der Waals surface area contributed by atoms with Crippen LogP contribution in [0.4, 0.5) is 5.82 Å². The number of rotatable bonds is 9. The Balaban J connectivity index is 1.32. The fourth-order valence-corrected chi connectivity index (χ4v) is 3.64. The molecule has 1 saturated heterocycles. The summed E-state index contributed by atoms with van der Waals surface area (Å²) < 4.78 is 20.8. The average molecular weight is 462 g/mol. The zero-order valence-corrected chi connectivity index (χ0v) is 19.1. The molecule has 0 radical (unpaired) electrons. The summed E-state index contributed by atoms with van der Waals surface area (Å²) in [5.41, 5.74) is 1.90. The number of para-hydroxylation sites is 1. The van der Waals surface area contributed by atoms with Gasteiger partial charge in [-0.2, -0.15) is 20.2 Å². The highest BCUT2D eigenvalue weighted by Gasteiger charge is 2.17. The molecule has 1 aromatic carbocycles. The molecule has 0 spiro atoms. The van der Waals surface area contributed by atoms with E-state index in [1.807, 2.05) is 68.1 Å². The Morgan fingerprint density at radius 2 is 1.82 bits per heavy atom. The lowest BCUT2D eigenvalue weighted by molar-refractivity contribution is 0.122. The van der Waals surface area contributed by atoms with Gasteiger partial charge in [0.05, 0.1) is 26.0 Å². The van der Waals surface area contributed by atoms with Gasteiger partial charge in [0.2, 0.25) is 0 Å². The van der Waals surface area contributed by atoms with Crippen molar-refractivity contribution in [3.05, 3.63) is 72.3 Å². The molecule has 4 heterocycles. The third-order valence-corrected chi connectivity index (χ3v) is 5.40. The topological polar surface area (TPSA) is 92.3 Å². The highest BCUT2D eigenvalue weighted by molar-refractivity contribution is 5.45. The van der Waals surface area contributed by atoms with Gasteiger partial charge in [0.15, 0.2) is 5.82 Å². The van der Waals surface area contributed by atoms with Gasteiger partial charge in [-0.15, -0.1) is 0 Å². The van der Waals surface area contributed by atoms with Gasteiger partial charge in [-0.1, -0.05) is 18.2 Å². The number of hydrogen-bond acceptors (Lipinski definition) is 8. The molecule has 0 unspecified atom stereocenters. The molecule has 3 aromatic heterocycles. The number of benzene rings is 1. The summed E-state index contributed by atoms with van der Waals surface area (Å²) in [5, 5.41) is 8.84. The molecule has 1 aliphatic rings. The van der Waals surface area contributed by atoms with E-state index in [9.17, 15) is 0 Å². The van der Waals surface area contributed by atoms with Gasteiger partial charge in [-0.05, 0) is 23.8 Å². The van der Waals surface area contributed by atoms with Crippen molar-refractivity contribution >= 4 is 5.82 Å². The number of aryl methyl sites for hydroxylation is 1. The minimum absolute atomic E-state index is 0.320. The van der Waals surface area contributed by atoms with Crippen molar-refractivity contribution in [1.82, 2.24) is 29.5 Å². The minimum Gasteiger partial charge on any atom is -0.487 e. The predicted molar refractivity (Wildman–Crippen MR) is 125 cm³/mol. The van der Waals surface area contributed by atoms with Crippen LogP contribution in [0.5, 0.6) is 11.8 Å². The average Bonchev–Trinajstić information content (AvgIpc) is 3.53. The van der Waals surface area contributed by atoms with Crippen LogP contribution in [-0.2, 0) is 24.8 Å². The second kappa shape index (κ2) is 10.3. The number of morpholine rings is 1. The van der Waals surface area contributed by atoms with Crippen LogP contribution >= 0.6 is 0 Å². The largest absolute Gasteiger partial charge is 0.487 e. The quantitative estimate of drug-likeness (QED) is 0.375. The van der Waals surface area contributed by atoms with Crippen molar-refractivity contribution in [2.75, 3.05) is 37.8 Å². The Bertz CT molecular complexity index is 1200. The summed E-state index contributed by atoms with van der Waals surface area (Å²) in [4.78, 5) is 11.4. The van der Waals surface area contributed by atoms with Gasteiger partial charge in [-0.25, -0.2) is 4.68 Å². The summed E-state index contributed by atoms with van der Waals surface area (Å²) in [6.07, 6.45) is 6.40. The van der Waals surface area contributed by atoms with Crippen molar-refractivity contribution in [2.24, 2.45) is 7.05 Å². The Kier molecular flexibility index (Phi) is 6.66. The zero-order valence-electron chi connectivity index (χ0n) is 19.1. The van der Waals surface area contributed by atoms with Gasteiger partial charge in [0.25, 0.3) is 0 Å². The molecule has 5 rings (SSSR count). The Hall–Kier alpha value is -3.92. The van der Waals surface area contributed by atoms with E-state index >= 15 is 0 Å². The van der Waals surface area contributed by atoms with Crippen molar-refractivity contribution < 1.29 is 14.2 Å². The van der Waals surface area contributed by atoms with Gasteiger partial charge in [-0.3, -0.25) is 4.68 Å². The first kappa shape index (κ1) is 21.9. The van der Waals surface area contributed by atoms with E-state index in [-0.39, 0.29) is 0 Å². The van der Waals surface area contributed by atoms with E-state index in [2.05, 4.69) is 25.1 Å². The van der Waals surface area contributed by atoms with E-state index in [1.165, 1.54) is 0 Å². The molecule has 0 bridgehead atoms. The predicted octanol–water partition coefficient (Wildman–Crippen LogP) is 2.43. The molecular formula is C24H27N7O3. The van der Waals surface area contributed by atoms with Crippen LogP contribution in [-0.4, -0.2) is 62.4 Å². The highest BCUT2D eigenvalue weighted by Crippen LogP contribution is 2.20. The van der Waals surface area contributed by atoms with E-state index in [1.54, 1.807) is 9.36 Å². The first-order chi connectivity index (χ1) is 16.7. The molecule has 1 fully saturated rings. The standard InChI is InChI=1S/C24H27N7O3/c1-29-17-19(16-25-29)8-12-33-24-26-22(30-10-13-32-14-11-30)15-23(27-24)31-9-7-20(28-31)18-34-21-5-3-2-4-6-21/h2-7,9,15-17H,8,10-14,18H2,1H3. The van der Waals surface area contributed by atoms with Crippen molar-refractivity contribution in [2.45, 2.75) is 13.0 Å². The number of anilines is 1. The summed E-state index contributed by atoms with van der Waals surface area (Å²) in [6, 6.07) is 13.8. The Labute approximate surface area is 197 Å². The van der Waals surface area contributed by atoms with Gasteiger partial charge in [0, 0.05) is 45.0 Å². The first-order valence-electron chi connectivity index (χ1n) is 11.3. The third kappa shape index (κ3) is 5.52. The number of ether oxygens (including phenoxy) is 3. The van der Waals surface area contributed by atoms with Gasteiger partial charge >= 0.3 is 6.01 Å². The molecule has 0 saturated carbocycles. The maximum atomic E-state index is 5.94. The van der Waals surface area contributed by atoms with Gasteiger partial charge < -0.3 is 19.1 Å². The van der Waals surface area contributed by atoms with Crippen LogP contribution < -0.4 is 14.4 Å². The summed E-state index contributed by atoms with van der Waals surface area (Å²) in [7, 11) is 1.90. The molecule has 176 valence electrons. The molecule has 0 N–H and O–H groups in total. The number of hydrogen-bond donors (Lipinski definition) is 0. The van der Waals surface area contributed by atoms with Crippen molar-refractivity contribution in [3.63, 3.8) is 0 Å². The molecule has 0 amide bonds. The first-order valence-corrected chi connectivity index (χ1v) is 11.3. The second-order valence-electron chi connectivity index (χ2n) is 7.94. The van der Waals surface area contributed by atoms with E-state index in [0.717, 1.165) is 42.3 Å². The van der Waals surface area contributed by atoms with Crippen LogP contribution in [0, 0.1) is 0 Å². The van der Waals surface area contributed by atoms with E-state index < -0.39 is 0 Å². The lowest BCUT2D eigenvalue weighted by atomic mass is 10.3. The number of nitrogens with zero attached hydrogens (tertiary/aromatic N) is 7. The zero-order chi connectivity index (χ0) is 23.2. The lowest BCUT2D eigenvalue weighted by Gasteiger charge is -2.28. The van der Waals surface area contributed by atoms with Crippen LogP contribution in [0.25, 0.3) is 5.82 Å². The molecule has 34 heavy (non-hydrogen) atoms. The van der Waals surface area contributed by atoms with Crippen LogP contribution in [0.2, 0.25) is 0 Å². The molecule has 4 aromatic rings. The fourth-order valence-electron chi connectivity index (χ4n) is 3.64. The van der Waals surface area contributed by atoms with Crippen LogP contribution in [0.15, 0.2) is 61.1 Å². The molecule has 1 aliphatic heterocycles. The smallest absolute Gasteiger partial charge is 0.320 e. The SMILES string of the molecule is Cn1cc(CCOc2nc(N3CCOCC3)cc(-n3ccc(COc4ccccc4)n3)n2)cn1. The Morgan fingerprint density at radius 3 is 2.62 bits per heavy atom. The fraction of sp³-hybridized carbons (Fsp3) is 0.333. The summed E-state index contributed by atoms with van der Waals surface area (Å²) in [5.74, 6) is 2.24. The monoisotopic (exact) mass is 461 g/mol. The normalized spacial score (nSPS) is 13.7. The molecule has 0 aliphatic carbocycles. The van der Waals surface area contributed by atoms with E-state index in [0.29, 0.717) is 38.3 Å². The molecular weight excluding hydrogens is 434 g/mol. The number of aromatic nitrogens is 6. The Morgan fingerprint density at radius 1 is 1.00 bits per heavy atom. The van der Waals surface area contributed by atoms with Crippen molar-refractivity contribution in [3.8, 4) is 17.6 Å². The van der Waals surface area contributed by atoms with Crippen molar-refractivity contribution in [1.29, 1.82) is 0 Å².